The van der Waals surface area contributed by atoms with Gasteiger partial charge in [0, 0.05) is 6.42 Å². The second-order valence-corrected chi connectivity index (χ2v) is 9.37. The second kappa shape index (κ2) is 19.3. The highest BCUT2D eigenvalue weighted by Crippen LogP contribution is 2.08. The monoisotopic (exact) mass is 464 g/mol. The van der Waals surface area contributed by atoms with Gasteiger partial charge in [0.15, 0.2) is 6.10 Å². The molecule has 0 fully saturated rings. The average molecular weight is 465 g/mol. The van der Waals surface area contributed by atoms with E-state index in [9.17, 15) is 14.7 Å². The molecule has 2 atom stereocenters. The van der Waals surface area contributed by atoms with Crippen molar-refractivity contribution in [2.24, 2.45) is 0 Å². The third kappa shape index (κ3) is 22.8. The summed E-state index contributed by atoms with van der Waals surface area (Å²) in [5.41, 5.74) is 0. The van der Waals surface area contributed by atoms with Gasteiger partial charge >= 0.3 is 11.9 Å². The average Bonchev–Trinajstić information content (AvgIpc) is 2.70. The molecule has 0 amide bonds. The summed E-state index contributed by atoms with van der Waals surface area (Å²) < 4.78 is 5.89. The van der Waals surface area contributed by atoms with Crippen LogP contribution < -0.4 is 0 Å². The van der Waals surface area contributed by atoms with Gasteiger partial charge in [-0.15, -0.1) is 0 Å². The Labute approximate surface area is 200 Å². The normalized spacial score (nSPS) is 14.6. The number of nitrogens with zero attached hydrogens (tertiary/aromatic N) is 1. The SMILES string of the molecule is CCCCC/C=C/C/C=C/CC(O)/C=C/C=C/CCCC(=O)OC(CC(=O)O)C[N+](C)(C)C. The lowest BCUT2D eigenvalue weighted by molar-refractivity contribution is -0.873. The van der Waals surface area contributed by atoms with E-state index < -0.39 is 18.2 Å². The smallest absolute Gasteiger partial charge is 0.307 e. The maximum absolute atomic E-state index is 12.0. The molecule has 0 aromatic carbocycles. The van der Waals surface area contributed by atoms with E-state index in [1.807, 2.05) is 45.4 Å². The Morgan fingerprint density at radius 3 is 2.30 bits per heavy atom. The van der Waals surface area contributed by atoms with Crippen LogP contribution in [-0.4, -0.2) is 66.5 Å². The highest BCUT2D eigenvalue weighted by atomic mass is 16.5. The van der Waals surface area contributed by atoms with Gasteiger partial charge in [0.2, 0.25) is 0 Å². The number of unbranched alkanes of at least 4 members (excludes halogenated alkanes) is 4. The fraction of sp³-hybridized carbons (Fsp3) is 0.630. The zero-order valence-electron chi connectivity index (χ0n) is 21.1. The number of hydrogen-bond donors (Lipinski definition) is 2. The first-order valence-electron chi connectivity index (χ1n) is 12.2. The number of aliphatic hydroxyl groups is 1. The van der Waals surface area contributed by atoms with Gasteiger partial charge in [-0.1, -0.05) is 68.4 Å². The lowest BCUT2D eigenvalue weighted by Gasteiger charge is -2.28. The van der Waals surface area contributed by atoms with Crippen LogP contribution >= 0.6 is 0 Å². The van der Waals surface area contributed by atoms with Crippen LogP contribution in [0.25, 0.3) is 0 Å². The number of hydrogen-bond acceptors (Lipinski definition) is 4. The molecule has 2 N–H and O–H groups in total. The number of likely N-dealkylation sites (N-methyl/N-ethyl adjacent to an activating group) is 1. The topological polar surface area (TPSA) is 83.8 Å². The number of ether oxygens (including phenoxy) is 1. The largest absolute Gasteiger partial charge is 0.481 e. The summed E-state index contributed by atoms with van der Waals surface area (Å²) in [6.45, 7) is 2.66. The van der Waals surface area contributed by atoms with Crippen molar-refractivity contribution < 1.29 is 29.0 Å². The van der Waals surface area contributed by atoms with Crippen LogP contribution in [-0.2, 0) is 14.3 Å². The Bertz CT molecular complexity index is 643. The Balaban J connectivity index is 4.02. The van der Waals surface area contributed by atoms with E-state index in [0.717, 1.165) is 12.8 Å². The van der Waals surface area contributed by atoms with E-state index in [2.05, 4.69) is 25.2 Å². The molecule has 0 aromatic heterocycles. The molecule has 188 valence electrons. The van der Waals surface area contributed by atoms with Crippen molar-refractivity contribution in [1.29, 1.82) is 0 Å². The van der Waals surface area contributed by atoms with Crippen LogP contribution in [0.3, 0.4) is 0 Å². The molecule has 0 aliphatic heterocycles. The molecule has 33 heavy (non-hydrogen) atoms. The second-order valence-electron chi connectivity index (χ2n) is 9.37. The predicted octanol–water partition coefficient (Wildman–Crippen LogP) is 5.20. The number of carboxylic acid groups (broad SMARTS) is 1. The van der Waals surface area contributed by atoms with Crippen molar-refractivity contribution in [3.05, 3.63) is 48.6 Å². The first-order chi connectivity index (χ1) is 15.6. The van der Waals surface area contributed by atoms with Crippen LogP contribution in [0.5, 0.6) is 0 Å². The molecular formula is C27H46NO5+. The summed E-state index contributed by atoms with van der Waals surface area (Å²) in [5.74, 6) is -1.33. The van der Waals surface area contributed by atoms with E-state index in [1.165, 1.54) is 19.3 Å². The fourth-order valence-corrected chi connectivity index (χ4v) is 3.14. The highest BCUT2D eigenvalue weighted by molar-refractivity contribution is 5.71. The quantitative estimate of drug-likeness (QED) is 0.0903. The molecule has 0 aliphatic carbocycles. The highest BCUT2D eigenvalue weighted by Gasteiger charge is 2.24. The third-order valence-electron chi connectivity index (χ3n) is 4.74. The van der Waals surface area contributed by atoms with E-state index in [0.29, 0.717) is 30.3 Å². The molecule has 6 nitrogen and oxygen atoms in total. The van der Waals surface area contributed by atoms with Gasteiger partial charge in [-0.3, -0.25) is 9.59 Å². The van der Waals surface area contributed by atoms with Crippen molar-refractivity contribution >= 4 is 11.9 Å². The summed E-state index contributed by atoms with van der Waals surface area (Å²) in [6, 6.07) is 0. The number of rotatable bonds is 19. The number of carbonyl (C=O) groups is 2. The van der Waals surface area contributed by atoms with Gasteiger partial charge in [-0.05, 0) is 38.5 Å². The maximum Gasteiger partial charge on any atom is 0.307 e. The summed E-state index contributed by atoms with van der Waals surface area (Å²) in [7, 11) is 5.80. The molecule has 0 radical (unpaired) electrons. The summed E-state index contributed by atoms with van der Waals surface area (Å²) in [5, 5.41) is 19.0. The van der Waals surface area contributed by atoms with Crippen molar-refractivity contribution in [3.63, 3.8) is 0 Å². The Morgan fingerprint density at radius 1 is 0.939 bits per heavy atom. The minimum atomic E-state index is -0.969. The predicted molar refractivity (Wildman–Crippen MR) is 135 cm³/mol. The first-order valence-corrected chi connectivity index (χ1v) is 12.2. The van der Waals surface area contributed by atoms with Gasteiger partial charge in [0.25, 0.3) is 0 Å². The molecule has 0 bridgehead atoms. The van der Waals surface area contributed by atoms with Crippen molar-refractivity contribution in [2.45, 2.75) is 83.3 Å². The minimum absolute atomic E-state index is 0.181. The zero-order valence-corrected chi connectivity index (χ0v) is 21.1. The lowest BCUT2D eigenvalue weighted by Crippen LogP contribution is -2.43. The number of carboxylic acids is 1. The molecule has 0 heterocycles. The number of allylic oxidation sites excluding steroid dienone is 6. The van der Waals surface area contributed by atoms with Gasteiger partial charge < -0.3 is 19.4 Å². The van der Waals surface area contributed by atoms with Crippen molar-refractivity contribution in [2.75, 3.05) is 27.7 Å². The van der Waals surface area contributed by atoms with Gasteiger partial charge in [-0.2, -0.15) is 0 Å². The molecular weight excluding hydrogens is 418 g/mol. The van der Waals surface area contributed by atoms with Crippen LogP contribution in [0.15, 0.2) is 48.6 Å². The van der Waals surface area contributed by atoms with Gasteiger partial charge in [0.05, 0.1) is 33.7 Å². The standard InChI is InChI=1S/C27H45NO5/c1-5-6-7-8-9-10-11-13-16-19-24(29)20-17-14-12-15-18-21-27(32)33-25(22-26(30)31)23-28(2,3)4/h9-10,12-14,16-17,20,24-25,29H,5-8,11,15,18-19,21-23H2,1-4H3/p+1/b10-9+,14-12+,16-13+,20-17+. The Morgan fingerprint density at radius 2 is 1.64 bits per heavy atom. The molecule has 0 aromatic rings. The molecule has 0 spiro atoms. The fourth-order valence-electron chi connectivity index (χ4n) is 3.14. The number of quaternary nitrogens is 1. The molecule has 0 rings (SSSR count). The summed E-state index contributed by atoms with van der Waals surface area (Å²) >= 11 is 0. The van der Waals surface area contributed by atoms with Crippen LogP contribution in [0, 0.1) is 0 Å². The van der Waals surface area contributed by atoms with Gasteiger partial charge in [-0.25, -0.2) is 0 Å². The number of carbonyl (C=O) groups excluding carboxylic acids is 1. The minimum Gasteiger partial charge on any atom is -0.481 e. The Hall–Kier alpha value is -2.18. The van der Waals surface area contributed by atoms with E-state index in [1.54, 1.807) is 6.08 Å². The summed E-state index contributed by atoms with van der Waals surface area (Å²) in [4.78, 5) is 23.0. The van der Waals surface area contributed by atoms with E-state index in [4.69, 9.17) is 9.84 Å². The zero-order chi connectivity index (χ0) is 25.0. The summed E-state index contributed by atoms with van der Waals surface area (Å²) in [6.07, 6.45) is 22.5. The third-order valence-corrected chi connectivity index (χ3v) is 4.74. The molecule has 0 saturated carbocycles. The van der Waals surface area contributed by atoms with Crippen LogP contribution in [0.1, 0.15) is 71.1 Å². The molecule has 6 heteroatoms. The molecule has 0 saturated heterocycles. The Kier molecular flexibility index (Phi) is 18.0. The van der Waals surface area contributed by atoms with Crippen LogP contribution in [0.2, 0.25) is 0 Å². The van der Waals surface area contributed by atoms with Crippen LogP contribution in [0.4, 0.5) is 0 Å². The van der Waals surface area contributed by atoms with E-state index >= 15 is 0 Å². The first kappa shape index (κ1) is 30.8. The lowest BCUT2D eigenvalue weighted by atomic mass is 10.2. The van der Waals surface area contributed by atoms with E-state index in [-0.39, 0.29) is 18.8 Å². The number of aliphatic carboxylic acids is 1. The molecule has 2 unspecified atom stereocenters. The maximum atomic E-state index is 12.0. The van der Waals surface area contributed by atoms with Crippen molar-refractivity contribution in [3.8, 4) is 0 Å². The number of aliphatic hydroxyl groups excluding tert-OH is 1. The van der Waals surface area contributed by atoms with Crippen molar-refractivity contribution in [1.82, 2.24) is 0 Å². The van der Waals surface area contributed by atoms with Gasteiger partial charge in [0.1, 0.15) is 6.54 Å². The number of esters is 1. The molecule has 0 aliphatic rings.